The second-order valence-electron chi connectivity index (χ2n) is 3.49. The van der Waals surface area contributed by atoms with Crippen molar-refractivity contribution in [1.82, 2.24) is 0 Å². The van der Waals surface area contributed by atoms with E-state index in [2.05, 4.69) is 19.9 Å². The first kappa shape index (κ1) is 13.2. The summed E-state index contributed by atoms with van der Waals surface area (Å²) < 4.78 is 1.03. The number of benzene rings is 1. The zero-order chi connectivity index (χ0) is 11.8. The Morgan fingerprint density at radius 2 is 1.94 bits per heavy atom. The summed E-state index contributed by atoms with van der Waals surface area (Å²) >= 11 is 0.322. The van der Waals surface area contributed by atoms with Crippen LogP contribution in [-0.2, 0) is 0 Å². The van der Waals surface area contributed by atoms with Gasteiger partial charge >= 0.3 is 104 Å². The molecule has 0 spiro atoms. The number of unbranched alkanes of at least 4 members (excludes halogenated alkanes) is 1. The van der Waals surface area contributed by atoms with Gasteiger partial charge in [0, 0.05) is 0 Å². The molecular weight excluding hydrogens is 263 g/mol. The normalized spacial score (nSPS) is 11.5. The molecule has 86 valence electrons. The second kappa shape index (κ2) is 7.43. The quantitative estimate of drug-likeness (QED) is 0.441. The average molecular weight is 281 g/mol. The Hall–Kier alpha value is -0.851. The molecule has 0 amide bonds. The van der Waals surface area contributed by atoms with Gasteiger partial charge in [0.05, 0.1) is 0 Å². The van der Waals surface area contributed by atoms with Crippen molar-refractivity contribution in [3.05, 3.63) is 46.4 Å². The van der Waals surface area contributed by atoms with Gasteiger partial charge in [-0.25, -0.2) is 0 Å². The molecule has 0 N–H and O–H groups in total. The van der Waals surface area contributed by atoms with Crippen molar-refractivity contribution in [3.8, 4) is 0 Å². The van der Waals surface area contributed by atoms with Crippen molar-refractivity contribution in [2.24, 2.45) is 0 Å². The Morgan fingerprint density at radius 1 is 1.25 bits per heavy atom. The summed E-state index contributed by atoms with van der Waals surface area (Å²) in [7, 11) is 0. The molecule has 0 radical (unpaired) electrons. The number of Topliss-reactive ketones (excluding diaryl/α,β-unsaturated/α-hetero) is 1. The fourth-order valence-electron chi connectivity index (χ4n) is 1.38. The first-order valence-corrected chi connectivity index (χ1v) is 7.79. The van der Waals surface area contributed by atoms with E-state index in [1.54, 1.807) is 0 Å². The van der Waals surface area contributed by atoms with Crippen LogP contribution in [0.3, 0.4) is 0 Å². The summed E-state index contributed by atoms with van der Waals surface area (Å²) in [4.78, 5) is 12.2. The fraction of sp³-hybridized carbons (Fsp3) is 0.357. The third kappa shape index (κ3) is 3.96. The van der Waals surface area contributed by atoms with E-state index in [1.165, 1.54) is 0 Å². The van der Waals surface area contributed by atoms with E-state index < -0.39 is 0 Å². The fourth-order valence-corrected chi connectivity index (χ4v) is 3.05. The summed E-state index contributed by atoms with van der Waals surface area (Å²) in [6.45, 7) is 4.28. The molecule has 1 aromatic rings. The predicted molar refractivity (Wildman–Crippen MR) is 70.0 cm³/mol. The van der Waals surface area contributed by atoms with E-state index in [9.17, 15) is 4.79 Å². The first-order valence-electron chi connectivity index (χ1n) is 5.72. The zero-order valence-corrected chi connectivity index (χ0v) is 11.6. The minimum absolute atomic E-state index is 0.218. The molecule has 0 unspecified atom stereocenters. The van der Waals surface area contributed by atoms with Crippen LogP contribution in [0.25, 0.3) is 0 Å². The van der Waals surface area contributed by atoms with Gasteiger partial charge in [-0.2, -0.15) is 0 Å². The molecule has 0 saturated heterocycles. The minimum atomic E-state index is 0.218. The van der Waals surface area contributed by atoms with Gasteiger partial charge < -0.3 is 0 Å². The van der Waals surface area contributed by atoms with Crippen LogP contribution in [0.2, 0.25) is 5.32 Å². The maximum atomic E-state index is 12.2. The Bertz CT molecular complexity index is 354. The summed E-state index contributed by atoms with van der Waals surface area (Å²) in [5, 5.41) is 1.08. The number of rotatable bonds is 6. The monoisotopic (exact) mass is 282 g/mol. The maximum absolute atomic E-state index is 12.2. The van der Waals surface area contributed by atoms with Crippen LogP contribution < -0.4 is 0 Å². The van der Waals surface area contributed by atoms with E-state index in [1.807, 2.05) is 30.3 Å². The van der Waals surface area contributed by atoms with Crippen molar-refractivity contribution in [2.45, 2.75) is 32.0 Å². The molecule has 0 bridgehead atoms. The standard InChI is InChI=1S/C14H18OSe/c1-3-5-11-13(16-4-2)14(15)12-9-7-6-8-10-12/h6-11H,3-5H2,1-2H3/b13-11-. The SMILES string of the molecule is CCC/C=C(\[Se]CC)C(=O)c1ccccc1. The Morgan fingerprint density at radius 3 is 2.50 bits per heavy atom. The van der Waals surface area contributed by atoms with Crippen LogP contribution >= 0.6 is 0 Å². The number of allylic oxidation sites excluding steroid dienone is 2. The molecule has 1 nitrogen and oxygen atoms in total. The van der Waals surface area contributed by atoms with Crippen LogP contribution in [-0.4, -0.2) is 20.7 Å². The first-order chi connectivity index (χ1) is 7.79. The number of carbonyl (C=O) groups excluding carboxylic acids is 1. The Kier molecular flexibility index (Phi) is 6.13. The third-order valence-electron chi connectivity index (χ3n) is 2.18. The van der Waals surface area contributed by atoms with E-state index in [4.69, 9.17) is 0 Å². The van der Waals surface area contributed by atoms with Gasteiger partial charge in [-0.15, -0.1) is 0 Å². The van der Waals surface area contributed by atoms with Crippen LogP contribution in [0.5, 0.6) is 0 Å². The van der Waals surface area contributed by atoms with Crippen LogP contribution in [0.4, 0.5) is 0 Å². The van der Waals surface area contributed by atoms with E-state index in [-0.39, 0.29) is 5.78 Å². The molecule has 0 atom stereocenters. The van der Waals surface area contributed by atoms with Crippen LogP contribution in [0, 0.1) is 0 Å². The molecule has 0 aromatic heterocycles. The number of hydrogen-bond donors (Lipinski definition) is 0. The number of carbonyl (C=O) groups is 1. The molecule has 1 aromatic carbocycles. The van der Waals surface area contributed by atoms with E-state index >= 15 is 0 Å². The van der Waals surface area contributed by atoms with Gasteiger partial charge in [-0.05, 0) is 0 Å². The molecule has 2 heteroatoms. The molecule has 0 saturated carbocycles. The summed E-state index contributed by atoms with van der Waals surface area (Å²) in [6.07, 6.45) is 4.24. The predicted octanol–water partition coefficient (Wildman–Crippen LogP) is 3.70. The van der Waals surface area contributed by atoms with Crippen molar-refractivity contribution >= 4 is 20.7 Å². The van der Waals surface area contributed by atoms with Crippen molar-refractivity contribution in [2.75, 3.05) is 0 Å². The van der Waals surface area contributed by atoms with Gasteiger partial charge in [0.1, 0.15) is 0 Å². The van der Waals surface area contributed by atoms with Gasteiger partial charge in [0.25, 0.3) is 0 Å². The van der Waals surface area contributed by atoms with Crippen LogP contribution in [0.1, 0.15) is 37.0 Å². The molecule has 0 aliphatic heterocycles. The van der Waals surface area contributed by atoms with E-state index in [0.717, 1.165) is 28.2 Å². The second-order valence-corrected chi connectivity index (χ2v) is 6.22. The summed E-state index contributed by atoms with van der Waals surface area (Å²) in [6, 6.07) is 9.58. The molecular formula is C14H18OSe. The molecule has 0 aliphatic rings. The molecule has 0 heterocycles. The molecule has 0 aliphatic carbocycles. The van der Waals surface area contributed by atoms with Gasteiger partial charge in [0.15, 0.2) is 0 Å². The zero-order valence-electron chi connectivity index (χ0n) is 9.90. The Balaban J connectivity index is 2.83. The topological polar surface area (TPSA) is 17.1 Å². The van der Waals surface area contributed by atoms with E-state index in [0.29, 0.717) is 15.0 Å². The van der Waals surface area contributed by atoms with Crippen molar-refractivity contribution < 1.29 is 4.79 Å². The number of ketones is 1. The van der Waals surface area contributed by atoms with Gasteiger partial charge in [-0.3, -0.25) is 0 Å². The number of hydrogen-bond acceptors (Lipinski definition) is 1. The molecule has 0 fully saturated rings. The van der Waals surface area contributed by atoms with Crippen molar-refractivity contribution in [3.63, 3.8) is 0 Å². The molecule has 16 heavy (non-hydrogen) atoms. The Labute approximate surface area is 104 Å². The third-order valence-corrected chi connectivity index (χ3v) is 4.17. The van der Waals surface area contributed by atoms with Crippen molar-refractivity contribution in [1.29, 1.82) is 0 Å². The van der Waals surface area contributed by atoms with Gasteiger partial charge in [-0.1, -0.05) is 0 Å². The summed E-state index contributed by atoms with van der Waals surface area (Å²) in [5.74, 6) is 0.218. The average Bonchev–Trinajstić information content (AvgIpc) is 2.35. The molecule has 1 rings (SSSR count). The van der Waals surface area contributed by atoms with Crippen LogP contribution in [0.15, 0.2) is 40.9 Å². The van der Waals surface area contributed by atoms with Gasteiger partial charge in [0.2, 0.25) is 0 Å². The summed E-state index contributed by atoms with van der Waals surface area (Å²) in [5.41, 5.74) is 0.820.